The Morgan fingerprint density at radius 1 is 0.730 bits per heavy atom. The Bertz CT molecular complexity index is 1270. The molecular weight excluding hydrogens is 484 g/mol. The fourth-order valence-corrected chi connectivity index (χ4v) is 4.11. The Labute approximate surface area is 222 Å². The van der Waals surface area contributed by atoms with Gasteiger partial charge < -0.3 is 15.0 Å². The van der Waals surface area contributed by atoms with E-state index in [-0.39, 0.29) is 25.0 Å². The van der Waals surface area contributed by atoms with Crippen LogP contribution in [-0.2, 0) is 29.1 Å². The van der Waals surface area contributed by atoms with E-state index in [1.165, 1.54) is 0 Å². The molecule has 0 aliphatic heterocycles. The molecule has 2 amide bonds. The second kappa shape index (κ2) is 13.3. The second-order valence-electron chi connectivity index (χ2n) is 8.66. The van der Waals surface area contributed by atoms with Crippen LogP contribution in [0.1, 0.15) is 16.7 Å². The smallest absolute Gasteiger partial charge is 0.261 e. The Morgan fingerprint density at radius 3 is 1.92 bits per heavy atom. The van der Waals surface area contributed by atoms with Gasteiger partial charge in [0.05, 0.1) is 0 Å². The summed E-state index contributed by atoms with van der Waals surface area (Å²) < 4.78 is 5.77. The molecule has 37 heavy (non-hydrogen) atoms. The molecule has 0 fully saturated rings. The summed E-state index contributed by atoms with van der Waals surface area (Å²) in [5, 5.41) is 3.65. The fraction of sp³-hybridized carbons (Fsp3) is 0.161. The van der Waals surface area contributed by atoms with E-state index < -0.39 is 6.04 Å². The van der Waals surface area contributed by atoms with Crippen molar-refractivity contribution in [2.24, 2.45) is 0 Å². The molecule has 0 spiro atoms. The summed E-state index contributed by atoms with van der Waals surface area (Å²) in [4.78, 5) is 28.8. The third kappa shape index (κ3) is 7.95. The Morgan fingerprint density at radius 2 is 1.30 bits per heavy atom. The number of amides is 2. The first-order chi connectivity index (χ1) is 18.1. The molecule has 5 nitrogen and oxygen atoms in total. The van der Waals surface area contributed by atoms with Crippen LogP contribution < -0.4 is 10.1 Å². The first-order valence-corrected chi connectivity index (χ1v) is 12.5. The van der Waals surface area contributed by atoms with Crippen molar-refractivity contribution >= 4 is 23.4 Å². The van der Waals surface area contributed by atoms with E-state index in [4.69, 9.17) is 16.3 Å². The van der Waals surface area contributed by atoms with Crippen molar-refractivity contribution in [3.05, 3.63) is 137 Å². The van der Waals surface area contributed by atoms with Crippen LogP contribution >= 0.6 is 11.6 Å². The Hall–Kier alpha value is -4.09. The quantitative estimate of drug-likeness (QED) is 0.281. The summed E-state index contributed by atoms with van der Waals surface area (Å²) >= 11 is 6.00. The minimum Gasteiger partial charge on any atom is -0.484 e. The third-order valence-corrected chi connectivity index (χ3v) is 6.20. The molecule has 4 rings (SSSR count). The van der Waals surface area contributed by atoms with Crippen LogP contribution in [0.4, 0.5) is 0 Å². The number of benzene rings is 4. The predicted octanol–water partition coefficient (Wildman–Crippen LogP) is 5.68. The molecule has 6 heteroatoms. The number of rotatable bonds is 11. The monoisotopic (exact) mass is 512 g/mol. The summed E-state index contributed by atoms with van der Waals surface area (Å²) in [5.41, 5.74) is 2.81. The van der Waals surface area contributed by atoms with E-state index in [0.717, 1.165) is 16.7 Å². The third-order valence-electron chi connectivity index (χ3n) is 5.95. The SMILES string of the molecule is O=C(NCc1ccc(Cl)cc1)C(Cc1ccccc1)N(Cc1ccccc1)C(=O)COc1ccccc1. The number of carbonyl (C=O) groups excluding carboxylic acids is 2. The lowest BCUT2D eigenvalue weighted by atomic mass is 10.0. The van der Waals surface area contributed by atoms with Crippen molar-refractivity contribution in [2.45, 2.75) is 25.6 Å². The van der Waals surface area contributed by atoms with Gasteiger partial charge in [0.15, 0.2) is 6.61 Å². The molecule has 1 atom stereocenters. The maximum Gasteiger partial charge on any atom is 0.261 e. The van der Waals surface area contributed by atoms with Crippen LogP contribution in [0.5, 0.6) is 5.75 Å². The van der Waals surface area contributed by atoms with E-state index in [2.05, 4.69) is 5.32 Å². The van der Waals surface area contributed by atoms with Gasteiger partial charge in [-0.15, -0.1) is 0 Å². The van der Waals surface area contributed by atoms with E-state index in [9.17, 15) is 9.59 Å². The average molecular weight is 513 g/mol. The number of carbonyl (C=O) groups is 2. The zero-order valence-electron chi connectivity index (χ0n) is 20.4. The van der Waals surface area contributed by atoms with Gasteiger partial charge in [-0.2, -0.15) is 0 Å². The van der Waals surface area contributed by atoms with Crippen molar-refractivity contribution in [3.63, 3.8) is 0 Å². The maximum atomic E-state index is 13.6. The number of para-hydroxylation sites is 1. The minimum atomic E-state index is -0.734. The van der Waals surface area contributed by atoms with E-state index in [1.54, 1.807) is 29.2 Å². The van der Waals surface area contributed by atoms with Gasteiger partial charge in [-0.05, 0) is 41.0 Å². The van der Waals surface area contributed by atoms with Crippen molar-refractivity contribution in [1.29, 1.82) is 0 Å². The van der Waals surface area contributed by atoms with Gasteiger partial charge in [0.25, 0.3) is 5.91 Å². The number of hydrogen-bond acceptors (Lipinski definition) is 3. The largest absolute Gasteiger partial charge is 0.484 e. The van der Waals surface area contributed by atoms with Crippen molar-refractivity contribution in [1.82, 2.24) is 10.2 Å². The summed E-state index contributed by atoms with van der Waals surface area (Å²) in [7, 11) is 0. The second-order valence-corrected chi connectivity index (χ2v) is 9.10. The highest BCUT2D eigenvalue weighted by Crippen LogP contribution is 2.17. The Balaban J connectivity index is 1.58. The van der Waals surface area contributed by atoms with Gasteiger partial charge in [0.1, 0.15) is 11.8 Å². The molecule has 0 radical (unpaired) electrons. The first kappa shape index (κ1) is 26.0. The molecule has 0 saturated heterocycles. The van der Waals surface area contributed by atoms with Gasteiger partial charge in [0, 0.05) is 24.5 Å². The topological polar surface area (TPSA) is 58.6 Å². The van der Waals surface area contributed by atoms with E-state index >= 15 is 0 Å². The van der Waals surface area contributed by atoms with Crippen molar-refractivity contribution in [2.75, 3.05) is 6.61 Å². The maximum absolute atomic E-state index is 13.6. The average Bonchev–Trinajstić information content (AvgIpc) is 2.95. The highest BCUT2D eigenvalue weighted by Gasteiger charge is 2.30. The normalized spacial score (nSPS) is 11.4. The predicted molar refractivity (Wildman–Crippen MR) is 146 cm³/mol. The zero-order chi connectivity index (χ0) is 25.9. The molecule has 0 saturated carbocycles. The van der Waals surface area contributed by atoms with Gasteiger partial charge in [0.2, 0.25) is 5.91 Å². The number of halogens is 1. The van der Waals surface area contributed by atoms with Crippen molar-refractivity contribution < 1.29 is 14.3 Å². The van der Waals surface area contributed by atoms with Crippen LogP contribution in [0.25, 0.3) is 0 Å². The fourth-order valence-electron chi connectivity index (χ4n) is 3.99. The summed E-state index contributed by atoms with van der Waals surface area (Å²) in [6, 6.07) is 35.2. The number of hydrogen-bond donors (Lipinski definition) is 1. The molecular formula is C31H29ClN2O3. The molecule has 0 aliphatic carbocycles. The van der Waals surface area contributed by atoms with Crippen LogP contribution in [0.15, 0.2) is 115 Å². The van der Waals surface area contributed by atoms with Crippen LogP contribution in [0, 0.1) is 0 Å². The number of nitrogens with one attached hydrogen (secondary N) is 1. The standard InChI is InChI=1S/C31H29ClN2O3/c32-27-18-16-25(17-19-27)21-33-31(36)29(20-24-10-4-1-5-11-24)34(22-26-12-6-2-7-13-26)30(35)23-37-28-14-8-3-9-15-28/h1-19,29H,20-23H2,(H,33,36). The molecule has 188 valence electrons. The molecule has 1 N–H and O–H groups in total. The van der Waals surface area contributed by atoms with Crippen LogP contribution in [0.3, 0.4) is 0 Å². The van der Waals surface area contributed by atoms with Gasteiger partial charge in [-0.25, -0.2) is 0 Å². The lowest BCUT2D eigenvalue weighted by Crippen LogP contribution is -2.51. The highest BCUT2D eigenvalue weighted by atomic mass is 35.5. The van der Waals surface area contributed by atoms with Crippen molar-refractivity contribution in [3.8, 4) is 5.75 Å². The number of nitrogens with zero attached hydrogens (tertiary/aromatic N) is 1. The molecule has 0 aliphatic rings. The summed E-state index contributed by atoms with van der Waals surface area (Å²) in [6.07, 6.45) is 0.372. The first-order valence-electron chi connectivity index (χ1n) is 12.2. The van der Waals surface area contributed by atoms with E-state index in [0.29, 0.717) is 23.7 Å². The van der Waals surface area contributed by atoms with Crippen LogP contribution in [-0.4, -0.2) is 29.4 Å². The van der Waals surface area contributed by atoms with Crippen LogP contribution in [0.2, 0.25) is 5.02 Å². The summed E-state index contributed by atoms with van der Waals surface area (Å²) in [6.45, 7) is 0.436. The van der Waals surface area contributed by atoms with Gasteiger partial charge in [-0.1, -0.05) is 103 Å². The van der Waals surface area contributed by atoms with Gasteiger partial charge >= 0.3 is 0 Å². The Kier molecular flexibility index (Phi) is 9.33. The molecule has 1 unspecified atom stereocenters. The minimum absolute atomic E-state index is 0.174. The highest BCUT2D eigenvalue weighted by molar-refractivity contribution is 6.30. The van der Waals surface area contributed by atoms with Gasteiger partial charge in [-0.3, -0.25) is 9.59 Å². The molecule has 0 bridgehead atoms. The lowest BCUT2D eigenvalue weighted by Gasteiger charge is -2.31. The molecule has 4 aromatic rings. The molecule has 0 heterocycles. The summed E-state index contributed by atoms with van der Waals surface area (Å²) in [5.74, 6) is 0.0976. The number of ether oxygens (including phenoxy) is 1. The lowest BCUT2D eigenvalue weighted by molar-refractivity contribution is -0.142. The molecule has 4 aromatic carbocycles. The zero-order valence-corrected chi connectivity index (χ0v) is 21.2. The van der Waals surface area contributed by atoms with E-state index in [1.807, 2.05) is 91.0 Å². The molecule has 0 aromatic heterocycles.